The monoisotopic (exact) mass is 523 g/mol. The Kier molecular flexibility index (Phi) is 11.8. The molecule has 1 aromatic carbocycles. The predicted octanol–water partition coefficient (Wildman–Crippen LogP) is 5.52. The molecule has 0 aromatic heterocycles. The standard InChI is InChI=1S/C32H49N3O3/c1-33-23-29(22-26-10-4-3-5-11-26)34-32(36)35-19-8-13-28(24-35)31(38-21-9-20-37-2)30-14-7-6-12-27(30)18-17-25-15-16-25/h6-7,12,14,25-26,28-29,31,33H,3-5,8-11,13,15-16,19-24H2,1-2H3,(H,34,36). The minimum atomic E-state index is -0.0810. The first-order valence-electron chi connectivity index (χ1n) is 15.1. The number of hydrogen-bond donors (Lipinski definition) is 2. The summed E-state index contributed by atoms with van der Waals surface area (Å²) in [5.74, 6) is 8.41. The van der Waals surface area contributed by atoms with Crippen LogP contribution in [0.3, 0.4) is 0 Å². The number of methoxy groups -OCH3 is 1. The predicted molar refractivity (Wildman–Crippen MR) is 153 cm³/mol. The molecule has 3 atom stereocenters. The molecule has 2 saturated carbocycles. The summed E-state index contributed by atoms with van der Waals surface area (Å²) in [7, 11) is 3.71. The summed E-state index contributed by atoms with van der Waals surface area (Å²) in [5.41, 5.74) is 2.23. The van der Waals surface area contributed by atoms with E-state index >= 15 is 0 Å². The number of likely N-dealkylation sites (N-methyl/N-ethyl adjacent to an activating group) is 1. The van der Waals surface area contributed by atoms with Crippen LogP contribution in [0.15, 0.2) is 24.3 Å². The highest BCUT2D eigenvalue weighted by Gasteiger charge is 2.33. The van der Waals surface area contributed by atoms with Crippen LogP contribution < -0.4 is 10.6 Å². The van der Waals surface area contributed by atoms with Crippen LogP contribution >= 0.6 is 0 Å². The molecule has 4 rings (SSSR count). The van der Waals surface area contributed by atoms with E-state index < -0.39 is 0 Å². The van der Waals surface area contributed by atoms with Crippen molar-refractivity contribution >= 4 is 6.03 Å². The Morgan fingerprint density at radius 2 is 1.89 bits per heavy atom. The number of ether oxygens (including phenoxy) is 2. The van der Waals surface area contributed by atoms with E-state index in [4.69, 9.17) is 9.47 Å². The maximum Gasteiger partial charge on any atom is 0.317 e. The van der Waals surface area contributed by atoms with Gasteiger partial charge in [-0.3, -0.25) is 0 Å². The molecule has 0 spiro atoms. The first-order valence-corrected chi connectivity index (χ1v) is 15.1. The molecule has 2 N–H and O–H groups in total. The Hall–Kier alpha value is -2.07. The van der Waals surface area contributed by atoms with Crippen LogP contribution in [-0.4, -0.2) is 64.0 Å². The highest BCUT2D eigenvalue weighted by molar-refractivity contribution is 5.74. The first kappa shape index (κ1) is 28.9. The van der Waals surface area contributed by atoms with Gasteiger partial charge < -0.3 is 25.0 Å². The molecule has 3 aliphatic rings. The van der Waals surface area contributed by atoms with Crippen molar-refractivity contribution in [3.05, 3.63) is 35.4 Å². The fourth-order valence-electron chi connectivity index (χ4n) is 6.13. The van der Waals surface area contributed by atoms with Crippen LogP contribution in [0.1, 0.15) is 87.9 Å². The molecule has 0 bridgehead atoms. The fraction of sp³-hybridized carbons (Fsp3) is 0.719. The van der Waals surface area contributed by atoms with Crippen LogP contribution in [0.4, 0.5) is 4.79 Å². The van der Waals surface area contributed by atoms with E-state index in [1.165, 1.54) is 44.9 Å². The first-order chi connectivity index (χ1) is 18.7. The van der Waals surface area contributed by atoms with Crippen molar-refractivity contribution in [2.24, 2.45) is 17.8 Å². The van der Waals surface area contributed by atoms with Gasteiger partial charge in [-0.05, 0) is 63.1 Å². The topological polar surface area (TPSA) is 62.8 Å². The molecule has 38 heavy (non-hydrogen) atoms. The highest BCUT2D eigenvalue weighted by atomic mass is 16.5. The zero-order valence-electron chi connectivity index (χ0n) is 23.7. The third-order valence-corrected chi connectivity index (χ3v) is 8.34. The molecule has 0 radical (unpaired) electrons. The quantitative estimate of drug-likeness (QED) is 0.280. The molecule has 1 aromatic rings. The number of likely N-dealkylation sites (tertiary alicyclic amines) is 1. The van der Waals surface area contributed by atoms with Gasteiger partial charge in [-0.1, -0.05) is 62.1 Å². The van der Waals surface area contributed by atoms with E-state index in [1.807, 2.05) is 11.9 Å². The van der Waals surface area contributed by atoms with Gasteiger partial charge in [-0.25, -0.2) is 4.79 Å². The molecule has 2 amide bonds. The van der Waals surface area contributed by atoms with E-state index in [0.717, 1.165) is 55.8 Å². The van der Waals surface area contributed by atoms with E-state index in [0.29, 0.717) is 25.7 Å². The Balaban J connectivity index is 1.43. The SMILES string of the molecule is CNCC(CC1CCCCC1)NC(=O)N1CCCC(C(OCCCOC)c2ccccc2C#CC2CC2)C1. The minimum absolute atomic E-state index is 0.0747. The summed E-state index contributed by atoms with van der Waals surface area (Å²) < 4.78 is 11.8. The van der Waals surface area contributed by atoms with Crippen molar-refractivity contribution in [1.82, 2.24) is 15.5 Å². The maximum absolute atomic E-state index is 13.5. The van der Waals surface area contributed by atoms with Crippen LogP contribution in [-0.2, 0) is 9.47 Å². The second-order valence-electron chi connectivity index (χ2n) is 11.6. The number of benzene rings is 1. The second kappa shape index (κ2) is 15.5. The number of urea groups is 1. The van der Waals surface area contributed by atoms with Crippen LogP contribution in [0.2, 0.25) is 0 Å². The van der Waals surface area contributed by atoms with Crippen molar-refractivity contribution in [3.8, 4) is 11.8 Å². The number of carbonyl (C=O) groups excluding carboxylic acids is 1. The van der Waals surface area contributed by atoms with Crippen LogP contribution in [0.5, 0.6) is 0 Å². The molecule has 6 nitrogen and oxygen atoms in total. The van der Waals surface area contributed by atoms with Gasteiger partial charge >= 0.3 is 6.03 Å². The van der Waals surface area contributed by atoms with E-state index in [1.54, 1.807) is 7.11 Å². The number of nitrogens with zero attached hydrogens (tertiary/aromatic N) is 1. The second-order valence-corrected chi connectivity index (χ2v) is 11.6. The normalized spacial score (nSPS) is 21.8. The van der Waals surface area contributed by atoms with Gasteiger partial charge in [0.25, 0.3) is 0 Å². The summed E-state index contributed by atoms with van der Waals surface area (Å²) in [4.78, 5) is 15.5. The minimum Gasteiger partial charge on any atom is -0.385 e. The Morgan fingerprint density at radius 1 is 1.08 bits per heavy atom. The summed E-state index contributed by atoms with van der Waals surface area (Å²) in [6.45, 7) is 3.65. The van der Waals surface area contributed by atoms with E-state index in [9.17, 15) is 4.79 Å². The number of piperidine rings is 1. The van der Waals surface area contributed by atoms with Gasteiger partial charge in [0.15, 0.2) is 0 Å². The molecule has 1 heterocycles. The molecule has 1 saturated heterocycles. The van der Waals surface area contributed by atoms with Crippen molar-refractivity contribution < 1.29 is 14.3 Å². The lowest BCUT2D eigenvalue weighted by atomic mass is 9.84. The van der Waals surface area contributed by atoms with Crippen molar-refractivity contribution in [1.29, 1.82) is 0 Å². The zero-order chi connectivity index (χ0) is 26.6. The Labute approximate surface area is 230 Å². The maximum atomic E-state index is 13.5. The van der Waals surface area contributed by atoms with Crippen molar-refractivity contribution in [2.75, 3.05) is 47.0 Å². The summed E-state index contributed by atoms with van der Waals surface area (Å²) in [6.07, 6.45) is 12.9. The number of amides is 2. The number of carbonyl (C=O) groups is 1. The zero-order valence-corrected chi connectivity index (χ0v) is 23.7. The summed E-state index contributed by atoms with van der Waals surface area (Å²) in [6, 6.07) is 8.70. The molecule has 3 unspecified atom stereocenters. The van der Waals surface area contributed by atoms with E-state index in [2.05, 4.69) is 46.7 Å². The number of nitrogens with one attached hydrogen (secondary N) is 2. The molecular formula is C32H49N3O3. The van der Waals surface area contributed by atoms with Gasteiger partial charge in [0.05, 0.1) is 6.10 Å². The largest absolute Gasteiger partial charge is 0.385 e. The third kappa shape index (κ3) is 9.00. The fourth-order valence-corrected chi connectivity index (χ4v) is 6.13. The van der Waals surface area contributed by atoms with Gasteiger partial charge in [-0.15, -0.1) is 0 Å². The van der Waals surface area contributed by atoms with Gasteiger partial charge in [0.1, 0.15) is 0 Å². The molecule has 1 aliphatic heterocycles. The van der Waals surface area contributed by atoms with Gasteiger partial charge in [0, 0.05) is 63.4 Å². The highest BCUT2D eigenvalue weighted by Crippen LogP contribution is 2.35. The average molecular weight is 524 g/mol. The number of hydrogen-bond acceptors (Lipinski definition) is 4. The molecule has 3 fully saturated rings. The van der Waals surface area contributed by atoms with E-state index in [-0.39, 0.29) is 24.1 Å². The smallest absolute Gasteiger partial charge is 0.317 e. The lowest BCUT2D eigenvalue weighted by molar-refractivity contribution is -0.0169. The Bertz CT molecular complexity index is 916. The summed E-state index contributed by atoms with van der Waals surface area (Å²) >= 11 is 0. The van der Waals surface area contributed by atoms with Gasteiger partial charge in [-0.2, -0.15) is 0 Å². The van der Waals surface area contributed by atoms with Crippen molar-refractivity contribution in [3.63, 3.8) is 0 Å². The number of rotatable bonds is 12. The lowest BCUT2D eigenvalue weighted by Crippen LogP contribution is -2.52. The molecule has 6 heteroatoms. The average Bonchev–Trinajstić information content (AvgIpc) is 3.78. The van der Waals surface area contributed by atoms with Crippen LogP contribution in [0.25, 0.3) is 0 Å². The summed E-state index contributed by atoms with van der Waals surface area (Å²) in [5, 5.41) is 6.69. The van der Waals surface area contributed by atoms with Crippen LogP contribution in [0, 0.1) is 29.6 Å². The van der Waals surface area contributed by atoms with Crippen molar-refractivity contribution in [2.45, 2.75) is 82.8 Å². The molecular weight excluding hydrogens is 474 g/mol. The van der Waals surface area contributed by atoms with Gasteiger partial charge in [0.2, 0.25) is 0 Å². The molecule has 2 aliphatic carbocycles. The third-order valence-electron chi connectivity index (χ3n) is 8.34. The molecule has 210 valence electrons. The lowest BCUT2D eigenvalue weighted by Gasteiger charge is -2.38. The Morgan fingerprint density at radius 3 is 2.66 bits per heavy atom.